The van der Waals surface area contributed by atoms with Gasteiger partial charge in [-0.2, -0.15) is 0 Å². The summed E-state index contributed by atoms with van der Waals surface area (Å²) in [5.74, 6) is -0.218. The van der Waals surface area contributed by atoms with E-state index >= 15 is 0 Å². The van der Waals surface area contributed by atoms with Crippen LogP contribution in [-0.2, 0) is 29.3 Å². The smallest absolute Gasteiger partial charge is 0.250 e. The van der Waals surface area contributed by atoms with Gasteiger partial charge in [0.15, 0.2) is 0 Å². The van der Waals surface area contributed by atoms with Gasteiger partial charge in [0.2, 0.25) is 10.0 Å². The normalized spacial score (nSPS) is 14.2. The molecule has 6 N–H and O–H groups in total. The average Bonchev–Trinajstić information content (AvgIpc) is 3.19. The number of nitrogens with one attached hydrogen (secondary N) is 1. The minimum atomic E-state index is -3.87. The second-order valence-electron chi connectivity index (χ2n) is 8.67. The van der Waals surface area contributed by atoms with Gasteiger partial charge in [-0.15, -0.1) is 0 Å². The van der Waals surface area contributed by atoms with E-state index in [0.29, 0.717) is 31.5 Å². The third kappa shape index (κ3) is 6.26. The van der Waals surface area contributed by atoms with Crippen LogP contribution in [0.4, 0.5) is 5.69 Å². The van der Waals surface area contributed by atoms with Gasteiger partial charge in [-0.3, -0.25) is 4.79 Å². The highest BCUT2D eigenvalue weighted by Crippen LogP contribution is 2.33. The second-order valence-corrected chi connectivity index (χ2v) is 10.2. The van der Waals surface area contributed by atoms with E-state index in [4.69, 9.17) is 20.7 Å². The fourth-order valence-corrected chi connectivity index (χ4v) is 5.22. The van der Waals surface area contributed by atoms with Crippen LogP contribution in [0.2, 0.25) is 0 Å². The number of hydrogen-bond donors (Lipinski definition) is 4. The fourth-order valence-electron chi connectivity index (χ4n) is 4.47. The quantitative estimate of drug-likeness (QED) is 0.346. The lowest BCUT2D eigenvalue weighted by atomic mass is 9.98. The van der Waals surface area contributed by atoms with Gasteiger partial charge in [0.25, 0.3) is 5.91 Å². The summed E-state index contributed by atoms with van der Waals surface area (Å²) in [6, 6.07) is 9.11. The Labute approximate surface area is 201 Å². The van der Waals surface area contributed by atoms with Crippen molar-refractivity contribution in [2.24, 2.45) is 10.9 Å². The summed E-state index contributed by atoms with van der Waals surface area (Å²) in [5.41, 5.74) is 10.1. The number of amides is 1. The maximum Gasteiger partial charge on any atom is 0.250 e. The number of rotatable bonds is 12. The zero-order valence-corrected chi connectivity index (χ0v) is 20.5. The van der Waals surface area contributed by atoms with Crippen LogP contribution < -0.4 is 25.8 Å². The van der Waals surface area contributed by atoms with Crippen molar-refractivity contribution in [2.45, 2.75) is 43.5 Å². The fraction of sp³-hybridized carbons (Fsp3) is 0.458. The highest BCUT2D eigenvalue weighted by molar-refractivity contribution is 7.89. The topological polar surface area (TPSA) is 148 Å². The van der Waals surface area contributed by atoms with Crippen LogP contribution in [-0.4, -0.2) is 58.8 Å². The molecule has 1 amide bonds. The van der Waals surface area contributed by atoms with Crippen LogP contribution in [0.1, 0.15) is 40.4 Å². The Morgan fingerprint density at radius 3 is 2.68 bits per heavy atom. The minimum Gasteiger partial charge on any atom is -0.495 e. The molecule has 3 rings (SSSR count). The van der Waals surface area contributed by atoms with Crippen LogP contribution in [0, 0.1) is 0 Å². The number of carbonyl (C=O) groups excluding carboxylic acids is 1. The largest absolute Gasteiger partial charge is 0.495 e. The summed E-state index contributed by atoms with van der Waals surface area (Å²) >= 11 is 0. The number of primary amides is 1. The van der Waals surface area contributed by atoms with Crippen LogP contribution >= 0.6 is 0 Å². The van der Waals surface area contributed by atoms with Gasteiger partial charge in [0.05, 0.1) is 18.4 Å². The Balaban J connectivity index is 1.64. The first-order valence-electron chi connectivity index (χ1n) is 11.4. The molecule has 1 aliphatic rings. The molecule has 0 radical (unpaired) electrons. The Morgan fingerprint density at radius 1 is 1.26 bits per heavy atom. The molecule has 0 aromatic heterocycles. The van der Waals surface area contributed by atoms with Gasteiger partial charge >= 0.3 is 0 Å². The average molecular weight is 491 g/mol. The van der Waals surface area contributed by atoms with E-state index in [1.807, 2.05) is 12.1 Å². The molecule has 10 heteroatoms. The van der Waals surface area contributed by atoms with Crippen molar-refractivity contribution in [3.05, 3.63) is 52.6 Å². The first-order valence-corrected chi connectivity index (χ1v) is 12.9. The number of aliphatic hydroxyl groups excluding tert-OH is 1. The third-order valence-corrected chi connectivity index (χ3v) is 6.98. The summed E-state index contributed by atoms with van der Waals surface area (Å²) in [5, 5.41) is 17.9. The highest BCUT2D eigenvalue weighted by atomic mass is 32.2. The van der Waals surface area contributed by atoms with Gasteiger partial charge in [-0.25, -0.2) is 13.6 Å². The summed E-state index contributed by atoms with van der Waals surface area (Å²) < 4.78 is 28.7. The summed E-state index contributed by atoms with van der Waals surface area (Å²) in [7, 11) is -2.47. The summed E-state index contributed by atoms with van der Waals surface area (Å²) in [6.07, 6.45) is 2.83. The number of ether oxygens (including phenoxy) is 1. The summed E-state index contributed by atoms with van der Waals surface area (Å²) in [4.78, 5) is 14.3. The molecule has 2 aromatic carbocycles. The Bertz CT molecular complexity index is 1140. The molecule has 0 saturated carbocycles. The number of aliphatic hydroxyl groups is 1. The van der Waals surface area contributed by atoms with Crippen molar-refractivity contribution in [3.8, 4) is 5.75 Å². The Hall–Kier alpha value is -2.66. The maximum absolute atomic E-state index is 12.2. The van der Waals surface area contributed by atoms with Crippen molar-refractivity contribution in [1.29, 1.82) is 0 Å². The number of anilines is 1. The van der Waals surface area contributed by atoms with E-state index in [-0.39, 0.29) is 23.3 Å². The number of carbonyl (C=O) groups is 1. The van der Waals surface area contributed by atoms with Crippen LogP contribution in [0.3, 0.4) is 0 Å². The maximum atomic E-state index is 12.2. The first-order chi connectivity index (χ1) is 16.1. The molecule has 2 aromatic rings. The molecular weight excluding hydrogens is 456 g/mol. The predicted molar refractivity (Wildman–Crippen MR) is 132 cm³/mol. The highest BCUT2D eigenvalue weighted by Gasteiger charge is 2.25. The minimum absolute atomic E-state index is 0.0225. The SMILES string of the molecule is COc1ccc(CCNC(C)Cc2cc3c(c(C(N)=O)c2)N(CCCO)CC3)cc1S(N)(=O)=O. The van der Waals surface area contributed by atoms with Crippen molar-refractivity contribution in [1.82, 2.24) is 5.32 Å². The lowest BCUT2D eigenvalue weighted by Gasteiger charge is -2.22. The molecule has 34 heavy (non-hydrogen) atoms. The van der Waals surface area contributed by atoms with E-state index in [0.717, 1.165) is 41.8 Å². The Morgan fingerprint density at radius 2 is 2.03 bits per heavy atom. The molecule has 0 bridgehead atoms. The number of fused-ring (bicyclic) bond motifs is 1. The monoisotopic (exact) mass is 490 g/mol. The first kappa shape index (κ1) is 26.0. The molecular formula is C24H34N4O5S. The van der Waals surface area contributed by atoms with Gasteiger partial charge < -0.3 is 25.8 Å². The number of nitrogens with zero attached hydrogens (tertiary/aromatic N) is 1. The van der Waals surface area contributed by atoms with Crippen LogP contribution in [0.15, 0.2) is 35.2 Å². The molecule has 0 saturated heterocycles. The van der Waals surface area contributed by atoms with Crippen molar-refractivity contribution in [3.63, 3.8) is 0 Å². The van der Waals surface area contributed by atoms with Crippen LogP contribution in [0.5, 0.6) is 5.75 Å². The van der Waals surface area contributed by atoms with Gasteiger partial charge in [0, 0.05) is 25.7 Å². The molecule has 1 atom stereocenters. The predicted octanol–water partition coefficient (Wildman–Crippen LogP) is 0.950. The third-order valence-electron chi connectivity index (χ3n) is 6.05. The number of methoxy groups -OCH3 is 1. The molecule has 186 valence electrons. The number of nitrogens with two attached hydrogens (primary N) is 2. The number of benzene rings is 2. The Kier molecular flexibility index (Phi) is 8.53. The van der Waals surface area contributed by atoms with Gasteiger partial charge in [-0.05, 0) is 74.0 Å². The van der Waals surface area contributed by atoms with E-state index in [1.165, 1.54) is 7.11 Å². The zero-order valence-electron chi connectivity index (χ0n) is 19.7. The standard InChI is InChI=1S/C24H34N4O5S/c1-16(27-8-6-17-4-5-21(33-2)22(15-17)34(26,31)32)12-18-13-19-7-10-28(9-3-11-29)23(19)20(14-18)24(25)30/h4-5,13-16,27,29H,3,6-12H2,1-2H3,(H2,25,30)(H2,26,31,32). The number of primary sulfonamides is 1. The van der Waals surface area contributed by atoms with E-state index in [2.05, 4.69) is 23.2 Å². The molecule has 9 nitrogen and oxygen atoms in total. The number of sulfonamides is 1. The van der Waals surface area contributed by atoms with Crippen LogP contribution in [0.25, 0.3) is 0 Å². The lowest BCUT2D eigenvalue weighted by molar-refractivity contribution is 0.100. The molecule has 0 spiro atoms. The molecule has 0 fully saturated rings. The second kappa shape index (κ2) is 11.2. The molecule has 1 heterocycles. The van der Waals surface area contributed by atoms with Crippen molar-refractivity contribution < 1.29 is 23.1 Å². The van der Waals surface area contributed by atoms with Gasteiger partial charge in [0.1, 0.15) is 10.6 Å². The molecule has 1 aliphatic heterocycles. The lowest BCUT2D eigenvalue weighted by Crippen LogP contribution is -2.30. The summed E-state index contributed by atoms with van der Waals surface area (Å²) in [6.45, 7) is 4.32. The molecule has 0 aliphatic carbocycles. The zero-order chi connectivity index (χ0) is 24.9. The van der Waals surface area contributed by atoms with E-state index in [1.54, 1.807) is 12.1 Å². The van der Waals surface area contributed by atoms with E-state index < -0.39 is 15.9 Å². The number of hydrogen-bond acceptors (Lipinski definition) is 7. The van der Waals surface area contributed by atoms with E-state index in [9.17, 15) is 13.2 Å². The van der Waals surface area contributed by atoms with Crippen molar-refractivity contribution in [2.75, 3.05) is 38.3 Å². The van der Waals surface area contributed by atoms with Crippen molar-refractivity contribution >= 4 is 21.6 Å². The van der Waals surface area contributed by atoms with Gasteiger partial charge in [-0.1, -0.05) is 12.1 Å². The molecule has 1 unspecified atom stereocenters.